The van der Waals surface area contributed by atoms with Gasteiger partial charge in [-0.1, -0.05) is 23.2 Å². The molecule has 2 aliphatic rings. The van der Waals surface area contributed by atoms with Crippen molar-refractivity contribution in [3.8, 4) is 0 Å². The van der Waals surface area contributed by atoms with Crippen LogP contribution in [0.3, 0.4) is 0 Å². The molecule has 27 heavy (non-hydrogen) atoms. The van der Waals surface area contributed by atoms with E-state index in [-0.39, 0.29) is 36.0 Å². The molecule has 146 valence electrons. The summed E-state index contributed by atoms with van der Waals surface area (Å²) >= 11 is 12.8. The first kappa shape index (κ1) is 20.0. The normalized spacial score (nSPS) is 17.8. The van der Waals surface area contributed by atoms with Crippen LogP contribution in [0.2, 0.25) is 10.0 Å². The number of anilines is 1. The molecular weight excluding hydrogens is 391 g/mol. The van der Waals surface area contributed by atoms with Gasteiger partial charge in [0.25, 0.3) is 0 Å². The third kappa shape index (κ3) is 3.65. The lowest BCUT2D eigenvalue weighted by Gasteiger charge is -2.40. The second kappa shape index (κ2) is 7.68. The van der Waals surface area contributed by atoms with Gasteiger partial charge in [0.2, 0.25) is 11.8 Å². The van der Waals surface area contributed by atoms with Crippen LogP contribution in [0, 0.1) is 0 Å². The molecule has 1 aromatic carbocycles. The lowest BCUT2D eigenvalue weighted by molar-refractivity contribution is -0.144. The molecular formula is C19H22Cl2N2O4. The van der Waals surface area contributed by atoms with E-state index in [0.717, 1.165) is 11.3 Å². The quantitative estimate of drug-likeness (QED) is 0.714. The second-order valence-electron chi connectivity index (χ2n) is 7.10. The molecule has 0 bridgehead atoms. The average Bonchev–Trinajstić information content (AvgIpc) is 2.98. The third-order valence-electron chi connectivity index (χ3n) is 5.58. The number of hydrogen-bond acceptors (Lipinski definition) is 4. The van der Waals surface area contributed by atoms with Gasteiger partial charge in [-0.3, -0.25) is 14.4 Å². The van der Waals surface area contributed by atoms with Gasteiger partial charge in [0.1, 0.15) is 0 Å². The molecule has 0 radical (unpaired) electrons. The van der Waals surface area contributed by atoms with Crippen molar-refractivity contribution in [1.29, 1.82) is 0 Å². The van der Waals surface area contributed by atoms with Crippen LogP contribution in [0.25, 0.3) is 0 Å². The molecule has 1 aromatic rings. The van der Waals surface area contributed by atoms with Gasteiger partial charge in [0, 0.05) is 49.6 Å². The highest BCUT2D eigenvalue weighted by Crippen LogP contribution is 2.51. The van der Waals surface area contributed by atoms with E-state index in [1.807, 2.05) is 6.07 Å². The van der Waals surface area contributed by atoms with E-state index in [0.29, 0.717) is 42.5 Å². The second-order valence-corrected chi connectivity index (χ2v) is 7.88. The molecule has 1 saturated heterocycles. The smallest absolute Gasteiger partial charge is 0.306 e. The number of methoxy groups -OCH3 is 1. The zero-order valence-corrected chi connectivity index (χ0v) is 16.9. The van der Waals surface area contributed by atoms with E-state index in [2.05, 4.69) is 4.74 Å². The Hall–Kier alpha value is -1.79. The number of carbonyl (C=O) groups excluding carboxylic acids is 3. The number of ether oxygens (including phenoxy) is 1. The van der Waals surface area contributed by atoms with Crippen LogP contribution < -0.4 is 4.90 Å². The highest BCUT2D eigenvalue weighted by Gasteiger charge is 2.48. The van der Waals surface area contributed by atoms with E-state index in [9.17, 15) is 14.4 Å². The minimum absolute atomic E-state index is 0.0388. The number of hydrogen-bond donors (Lipinski definition) is 0. The van der Waals surface area contributed by atoms with Crippen LogP contribution in [0.4, 0.5) is 5.69 Å². The number of fused-ring (bicyclic) bond motifs is 2. The van der Waals surface area contributed by atoms with Crippen LogP contribution in [0.15, 0.2) is 12.1 Å². The van der Waals surface area contributed by atoms with Crippen molar-refractivity contribution in [3.05, 3.63) is 27.7 Å². The minimum atomic E-state index is -0.389. The summed E-state index contributed by atoms with van der Waals surface area (Å²) in [7, 11) is 1.31. The first-order valence-electron chi connectivity index (χ1n) is 8.90. The predicted molar refractivity (Wildman–Crippen MR) is 103 cm³/mol. The number of carbonyl (C=O) groups is 3. The fraction of sp³-hybridized carbons (Fsp3) is 0.526. The standard InChI is InChI=1S/C19H22Cl2N2O4/c1-12(24)23-11-19(17-14(23)4-3-13(20)18(17)21)7-9-22(10-8-19)15(25)5-6-16(26)27-2/h3-4H,5-11H2,1-2H3. The number of esters is 1. The van der Waals surface area contributed by atoms with E-state index >= 15 is 0 Å². The largest absolute Gasteiger partial charge is 0.469 e. The summed E-state index contributed by atoms with van der Waals surface area (Å²) in [6, 6.07) is 3.55. The number of amides is 2. The Morgan fingerprint density at radius 3 is 2.41 bits per heavy atom. The summed E-state index contributed by atoms with van der Waals surface area (Å²) < 4.78 is 4.59. The number of rotatable bonds is 3. The molecule has 2 aliphatic heterocycles. The van der Waals surface area contributed by atoms with E-state index in [4.69, 9.17) is 23.2 Å². The van der Waals surface area contributed by atoms with Crippen molar-refractivity contribution >= 4 is 46.7 Å². The highest BCUT2D eigenvalue weighted by molar-refractivity contribution is 6.43. The summed E-state index contributed by atoms with van der Waals surface area (Å²) in [5.41, 5.74) is 1.41. The summed E-state index contributed by atoms with van der Waals surface area (Å²) in [5, 5.41) is 0.958. The molecule has 8 heteroatoms. The maximum Gasteiger partial charge on any atom is 0.306 e. The van der Waals surface area contributed by atoms with Crippen LogP contribution in [-0.2, 0) is 24.5 Å². The summed E-state index contributed by atoms with van der Waals surface area (Å²) in [4.78, 5) is 39.3. The van der Waals surface area contributed by atoms with E-state index < -0.39 is 0 Å². The van der Waals surface area contributed by atoms with Gasteiger partial charge in [-0.2, -0.15) is 0 Å². The highest BCUT2D eigenvalue weighted by atomic mass is 35.5. The van der Waals surface area contributed by atoms with E-state index in [1.165, 1.54) is 14.0 Å². The summed E-state index contributed by atoms with van der Waals surface area (Å²) in [6.45, 7) is 3.18. The molecule has 1 spiro atoms. The lowest BCUT2D eigenvalue weighted by atomic mass is 9.74. The molecule has 0 unspecified atom stereocenters. The van der Waals surface area contributed by atoms with Gasteiger partial charge >= 0.3 is 5.97 Å². The first-order chi connectivity index (χ1) is 12.8. The Labute approximate surface area is 168 Å². The summed E-state index contributed by atoms with van der Waals surface area (Å²) in [6.07, 6.45) is 1.60. The molecule has 1 fully saturated rings. The van der Waals surface area contributed by atoms with Crippen molar-refractivity contribution < 1.29 is 19.1 Å². The predicted octanol–water partition coefficient (Wildman–Crippen LogP) is 3.17. The maximum atomic E-state index is 12.4. The molecule has 0 saturated carbocycles. The van der Waals surface area contributed by atoms with Gasteiger partial charge in [0.15, 0.2) is 0 Å². The van der Waals surface area contributed by atoms with E-state index in [1.54, 1.807) is 15.9 Å². The van der Waals surface area contributed by atoms with Gasteiger partial charge in [-0.25, -0.2) is 0 Å². The van der Waals surface area contributed by atoms with Crippen LogP contribution in [0.1, 0.15) is 38.2 Å². The molecule has 2 heterocycles. The van der Waals surface area contributed by atoms with Crippen molar-refractivity contribution in [2.45, 2.75) is 38.0 Å². The SMILES string of the molecule is COC(=O)CCC(=O)N1CCC2(CC1)CN(C(C)=O)c1ccc(Cl)c(Cl)c12. The number of likely N-dealkylation sites (tertiary alicyclic amines) is 1. The van der Waals surface area contributed by atoms with Crippen molar-refractivity contribution in [2.24, 2.45) is 0 Å². The maximum absolute atomic E-state index is 12.4. The van der Waals surface area contributed by atoms with Crippen LogP contribution in [0.5, 0.6) is 0 Å². The van der Waals surface area contributed by atoms with Crippen molar-refractivity contribution in [1.82, 2.24) is 4.90 Å². The number of halogens is 2. The topological polar surface area (TPSA) is 66.9 Å². The Kier molecular flexibility index (Phi) is 5.68. The molecule has 0 aromatic heterocycles. The fourth-order valence-electron chi connectivity index (χ4n) is 4.08. The molecule has 0 N–H and O–H groups in total. The number of nitrogens with zero attached hydrogens (tertiary/aromatic N) is 2. The van der Waals surface area contributed by atoms with Gasteiger partial charge < -0.3 is 14.5 Å². The van der Waals surface area contributed by atoms with Crippen molar-refractivity contribution in [3.63, 3.8) is 0 Å². The minimum Gasteiger partial charge on any atom is -0.469 e. The first-order valence-corrected chi connectivity index (χ1v) is 9.66. The Bertz CT molecular complexity index is 788. The molecule has 6 nitrogen and oxygen atoms in total. The zero-order valence-electron chi connectivity index (χ0n) is 15.4. The average molecular weight is 413 g/mol. The van der Waals surface area contributed by atoms with Crippen molar-refractivity contribution in [2.75, 3.05) is 31.6 Å². The third-order valence-corrected chi connectivity index (χ3v) is 6.38. The Balaban J connectivity index is 1.78. The van der Waals surface area contributed by atoms with Crippen LogP contribution in [-0.4, -0.2) is 49.4 Å². The lowest BCUT2D eigenvalue weighted by Crippen LogP contribution is -2.47. The Morgan fingerprint density at radius 1 is 1.15 bits per heavy atom. The van der Waals surface area contributed by atoms with Gasteiger partial charge in [-0.05, 0) is 25.0 Å². The van der Waals surface area contributed by atoms with Gasteiger partial charge in [-0.15, -0.1) is 0 Å². The summed E-state index contributed by atoms with van der Waals surface area (Å²) in [5.74, 6) is -0.489. The monoisotopic (exact) mass is 412 g/mol. The van der Waals surface area contributed by atoms with Crippen LogP contribution >= 0.6 is 23.2 Å². The molecule has 3 rings (SSSR count). The molecule has 2 amide bonds. The molecule has 0 atom stereocenters. The number of piperidine rings is 1. The Morgan fingerprint density at radius 2 is 1.81 bits per heavy atom. The van der Waals surface area contributed by atoms with Gasteiger partial charge in [0.05, 0.1) is 23.6 Å². The zero-order chi connectivity index (χ0) is 19.8. The molecule has 0 aliphatic carbocycles. The fourth-order valence-corrected chi connectivity index (χ4v) is 4.60. The number of benzene rings is 1.